The van der Waals surface area contributed by atoms with Crippen molar-refractivity contribution in [2.75, 3.05) is 5.75 Å². The second-order valence-electron chi connectivity index (χ2n) is 5.99. The van der Waals surface area contributed by atoms with Crippen LogP contribution in [-0.2, 0) is 0 Å². The summed E-state index contributed by atoms with van der Waals surface area (Å²) in [4.78, 5) is 16.4. The average molecular weight is 372 g/mol. The van der Waals surface area contributed by atoms with Crippen molar-refractivity contribution in [3.05, 3.63) is 59.9 Å². The normalized spacial score (nSPS) is 13.8. The van der Waals surface area contributed by atoms with Crippen molar-refractivity contribution < 1.29 is 13.6 Å². The van der Waals surface area contributed by atoms with Crippen LogP contribution in [-0.4, -0.2) is 31.3 Å². The zero-order valence-electron chi connectivity index (χ0n) is 13.6. The highest BCUT2D eigenvalue weighted by molar-refractivity contribution is 7.99. The van der Waals surface area contributed by atoms with Gasteiger partial charge >= 0.3 is 0 Å². The van der Waals surface area contributed by atoms with E-state index >= 15 is 0 Å². The number of Topliss-reactive ketones (excluding diaryl/α,β-unsaturated/α-hetero) is 1. The monoisotopic (exact) mass is 372 g/mol. The lowest BCUT2D eigenvalue weighted by Gasteiger charge is -2.08. The van der Waals surface area contributed by atoms with Crippen LogP contribution in [0.2, 0.25) is 0 Å². The smallest absolute Gasteiger partial charge is 0.192 e. The second kappa shape index (κ2) is 6.95. The van der Waals surface area contributed by atoms with E-state index in [1.54, 1.807) is 12.4 Å². The number of aromatic nitrogens is 4. The lowest BCUT2D eigenvalue weighted by Crippen LogP contribution is -2.07. The largest absolute Gasteiger partial charge is 0.299 e. The minimum Gasteiger partial charge on any atom is -0.299 e. The number of hydrogen-bond donors (Lipinski definition) is 0. The minimum absolute atomic E-state index is 0.0434. The Morgan fingerprint density at radius 2 is 2.08 bits per heavy atom. The molecule has 0 spiro atoms. The molecular weight excluding hydrogens is 358 g/mol. The SMILES string of the molecule is O=C(CSc1nnc(-c2cccnc2)n1C1CC1)c1cc(F)ccc1F. The quantitative estimate of drug-likeness (QED) is 0.485. The van der Waals surface area contributed by atoms with Gasteiger partial charge in [-0.05, 0) is 43.2 Å². The molecule has 0 atom stereocenters. The summed E-state index contributed by atoms with van der Waals surface area (Å²) in [7, 11) is 0. The third kappa shape index (κ3) is 3.37. The van der Waals surface area contributed by atoms with Crippen LogP contribution in [0.15, 0.2) is 47.9 Å². The minimum atomic E-state index is -0.725. The first kappa shape index (κ1) is 16.8. The summed E-state index contributed by atoms with van der Waals surface area (Å²) >= 11 is 1.18. The maximum atomic E-state index is 13.8. The number of pyridine rings is 1. The molecule has 0 N–H and O–H groups in total. The molecule has 3 aromatic rings. The fraction of sp³-hybridized carbons (Fsp3) is 0.222. The summed E-state index contributed by atoms with van der Waals surface area (Å²) < 4.78 is 29.0. The summed E-state index contributed by atoms with van der Waals surface area (Å²) in [6.45, 7) is 0. The Labute approximate surface area is 152 Å². The molecule has 26 heavy (non-hydrogen) atoms. The van der Waals surface area contributed by atoms with Gasteiger partial charge in [0.2, 0.25) is 0 Å². The first-order chi connectivity index (χ1) is 12.6. The molecule has 5 nitrogen and oxygen atoms in total. The number of carbonyl (C=O) groups excluding carboxylic acids is 1. The molecule has 1 aromatic carbocycles. The number of carbonyl (C=O) groups is 1. The lowest BCUT2D eigenvalue weighted by atomic mass is 10.1. The number of hydrogen-bond acceptors (Lipinski definition) is 5. The van der Waals surface area contributed by atoms with Gasteiger partial charge in [-0.15, -0.1) is 10.2 Å². The molecule has 2 aromatic heterocycles. The number of halogens is 2. The number of rotatable bonds is 6. The van der Waals surface area contributed by atoms with Gasteiger partial charge in [-0.1, -0.05) is 11.8 Å². The maximum Gasteiger partial charge on any atom is 0.192 e. The average Bonchev–Trinajstić information content (AvgIpc) is 3.41. The molecule has 1 aliphatic carbocycles. The molecule has 0 amide bonds. The van der Waals surface area contributed by atoms with Crippen molar-refractivity contribution in [3.8, 4) is 11.4 Å². The van der Waals surface area contributed by atoms with Crippen molar-refractivity contribution in [2.24, 2.45) is 0 Å². The third-order valence-electron chi connectivity index (χ3n) is 4.06. The zero-order valence-corrected chi connectivity index (χ0v) is 14.4. The van der Waals surface area contributed by atoms with Gasteiger partial charge in [0.05, 0.1) is 11.3 Å². The van der Waals surface area contributed by atoms with Gasteiger partial charge in [0.25, 0.3) is 0 Å². The summed E-state index contributed by atoms with van der Waals surface area (Å²) in [6.07, 6.45) is 5.44. The zero-order chi connectivity index (χ0) is 18.1. The highest BCUT2D eigenvalue weighted by Crippen LogP contribution is 2.41. The van der Waals surface area contributed by atoms with E-state index in [9.17, 15) is 13.6 Å². The van der Waals surface area contributed by atoms with E-state index in [0.717, 1.165) is 36.6 Å². The van der Waals surface area contributed by atoms with Crippen LogP contribution in [0.3, 0.4) is 0 Å². The van der Waals surface area contributed by atoms with Gasteiger partial charge in [-0.2, -0.15) is 0 Å². The molecule has 1 aliphatic rings. The predicted octanol–water partition coefficient (Wildman–Crippen LogP) is 3.93. The highest BCUT2D eigenvalue weighted by atomic mass is 32.2. The first-order valence-corrected chi connectivity index (χ1v) is 9.08. The summed E-state index contributed by atoms with van der Waals surface area (Å²) in [6, 6.07) is 6.89. The van der Waals surface area contributed by atoms with Gasteiger partial charge < -0.3 is 0 Å². The van der Waals surface area contributed by atoms with E-state index < -0.39 is 17.4 Å². The molecule has 1 saturated carbocycles. The molecule has 132 valence electrons. The highest BCUT2D eigenvalue weighted by Gasteiger charge is 2.30. The first-order valence-electron chi connectivity index (χ1n) is 8.10. The van der Waals surface area contributed by atoms with Gasteiger partial charge in [0, 0.05) is 24.0 Å². The van der Waals surface area contributed by atoms with E-state index in [2.05, 4.69) is 15.2 Å². The van der Waals surface area contributed by atoms with E-state index in [0.29, 0.717) is 17.0 Å². The molecule has 1 fully saturated rings. The van der Waals surface area contributed by atoms with E-state index in [1.165, 1.54) is 11.8 Å². The van der Waals surface area contributed by atoms with Crippen LogP contribution >= 0.6 is 11.8 Å². The van der Waals surface area contributed by atoms with Crippen molar-refractivity contribution in [2.45, 2.75) is 24.0 Å². The molecule has 0 bridgehead atoms. The molecule has 2 heterocycles. The van der Waals surface area contributed by atoms with Crippen LogP contribution in [0, 0.1) is 11.6 Å². The van der Waals surface area contributed by atoms with Crippen LogP contribution in [0.1, 0.15) is 29.2 Å². The predicted molar refractivity (Wildman–Crippen MR) is 92.9 cm³/mol. The van der Waals surface area contributed by atoms with Crippen molar-refractivity contribution >= 4 is 17.5 Å². The van der Waals surface area contributed by atoms with Crippen LogP contribution < -0.4 is 0 Å². The molecule has 0 saturated heterocycles. The second-order valence-corrected chi connectivity index (χ2v) is 6.93. The number of nitrogens with zero attached hydrogens (tertiary/aromatic N) is 4. The fourth-order valence-corrected chi connectivity index (χ4v) is 3.54. The Morgan fingerprint density at radius 3 is 2.81 bits per heavy atom. The Hall–Kier alpha value is -2.61. The lowest BCUT2D eigenvalue weighted by molar-refractivity contribution is 0.101. The Bertz CT molecular complexity index is 957. The standard InChI is InChI=1S/C18H14F2N4OS/c19-12-3-6-15(20)14(8-12)16(25)10-26-18-23-22-17(24(18)13-4-5-13)11-2-1-7-21-9-11/h1-3,6-9,13H,4-5,10H2. The third-order valence-corrected chi connectivity index (χ3v) is 5.00. The van der Waals surface area contributed by atoms with Crippen molar-refractivity contribution in [1.29, 1.82) is 0 Å². The summed E-state index contributed by atoms with van der Waals surface area (Å²) in [5.41, 5.74) is 0.601. The molecule has 0 unspecified atom stereocenters. The molecule has 8 heteroatoms. The maximum absolute atomic E-state index is 13.8. The van der Waals surface area contributed by atoms with Crippen LogP contribution in [0.4, 0.5) is 8.78 Å². The van der Waals surface area contributed by atoms with Gasteiger partial charge in [-0.3, -0.25) is 14.3 Å². The molecule has 0 aliphatic heterocycles. The topological polar surface area (TPSA) is 60.7 Å². The molecule has 4 rings (SSSR count). The number of ketones is 1. The van der Waals surface area contributed by atoms with Gasteiger partial charge in [0.1, 0.15) is 11.6 Å². The number of benzene rings is 1. The van der Waals surface area contributed by atoms with Gasteiger partial charge in [-0.25, -0.2) is 8.78 Å². The number of thioether (sulfide) groups is 1. The Kier molecular flexibility index (Phi) is 4.50. The van der Waals surface area contributed by atoms with Crippen molar-refractivity contribution in [3.63, 3.8) is 0 Å². The van der Waals surface area contributed by atoms with E-state index in [-0.39, 0.29) is 11.3 Å². The van der Waals surface area contributed by atoms with Crippen LogP contribution in [0.25, 0.3) is 11.4 Å². The van der Waals surface area contributed by atoms with Crippen molar-refractivity contribution in [1.82, 2.24) is 19.7 Å². The molecular formula is C18H14F2N4OS. The van der Waals surface area contributed by atoms with E-state index in [1.807, 2.05) is 16.7 Å². The fourth-order valence-electron chi connectivity index (χ4n) is 2.65. The summed E-state index contributed by atoms with van der Waals surface area (Å²) in [5, 5.41) is 9.02. The van der Waals surface area contributed by atoms with Gasteiger partial charge in [0.15, 0.2) is 16.8 Å². The Morgan fingerprint density at radius 1 is 1.23 bits per heavy atom. The summed E-state index contributed by atoms with van der Waals surface area (Å²) in [5.74, 6) is -1.19. The Balaban J connectivity index is 1.56. The molecule has 0 radical (unpaired) electrons. The van der Waals surface area contributed by atoms with E-state index in [4.69, 9.17) is 0 Å². The van der Waals surface area contributed by atoms with Crippen LogP contribution in [0.5, 0.6) is 0 Å².